The quantitative estimate of drug-likeness (QED) is 0.204. The number of benzene rings is 1. The van der Waals surface area contributed by atoms with Gasteiger partial charge in [-0.2, -0.15) is 0 Å². The van der Waals surface area contributed by atoms with Crippen LogP contribution in [0, 0.1) is 0 Å². The molecule has 1 atom stereocenters. The van der Waals surface area contributed by atoms with Gasteiger partial charge in [0.2, 0.25) is 0 Å². The molecule has 2 fully saturated rings. The van der Waals surface area contributed by atoms with E-state index in [1.165, 1.54) is 24.8 Å². The summed E-state index contributed by atoms with van der Waals surface area (Å²) < 4.78 is 11.1. The average molecular weight is 546 g/mol. The van der Waals surface area contributed by atoms with Gasteiger partial charge in [0.1, 0.15) is 5.75 Å². The lowest BCUT2D eigenvalue weighted by molar-refractivity contribution is 0.0372. The van der Waals surface area contributed by atoms with Crippen LogP contribution in [0.4, 0.5) is 0 Å². The van der Waals surface area contributed by atoms with E-state index >= 15 is 0 Å². The van der Waals surface area contributed by atoms with Crippen LogP contribution in [0.15, 0.2) is 29.3 Å². The van der Waals surface area contributed by atoms with E-state index in [4.69, 9.17) is 9.47 Å². The van der Waals surface area contributed by atoms with Crippen LogP contribution in [-0.2, 0) is 4.74 Å². The molecule has 2 aliphatic heterocycles. The highest BCUT2D eigenvalue weighted by Crippen LogP contribution is 2.31. The molecule has 0 spiro atoms. The van der Waals surface area contributed by atoms with Crippen LogP contribution >= 0.6 is 24.0 Å². The number of halogens is 1. The van der Waals surface area contributed by atoms with Gasteiger partial charge in [-0.15, -0.1) is 24.0 Å². The van der Waals surface area contributed by atoms with E-state index in [0.29, 0.717) is 0 Å². The number of guanidine groups is 1. The van der Waals surface area contributed by atoms with Crippen LogP contribution in [0.1, 0.15) is 37.3 Å². The summed E-state index contributed by atoms with van der Waals surface area (Å²) in [6.45, 7) is 9.06. The van der Waals surface area contributed by atoms with Crippen LogP contribution < -0.4 is 15.4 Å². The van der Waals surface area contributed by atoms with Crippen molar-refractivity contribution in [1.29, 1.82) is 0 Å². The first-order valence-electron chi connectivity index (χ1n) is 11.4. The molecule has 3 rings (SSSR count). The minimum absolute atomic E-state index is 0. The standard InChI is InChI=1S/C23H39N5O2.HI/c1-24-23(25-11-5-6-12-27-15-17-30-18-16-27)26-19-21(28-13-7-8-14-28)20-9-3-4-10-22(20)29-2;/h3-4,9-10,21H,5-8,11-19H2,1-2H3,(H2,24,25,26);1H. The van der Waals surface area contributed by atoms with Crippen molar-refractivity contribution in [2.24, 2.45) is 4.99 Å². The second kappa shape index (κ2) is 14.9. The van der Waals surface area contributed by atoms with Gasteiger partial charge in [0.15, 0.2) is 5.96 Å². The van der Waals surface area contributed by atoms with Crippen molar-refractivity contribution in [3.05, 3.63) is 29.8 Å². The van der Waals surface area contributed by atoms with Crippen LogP contribution in [0.25, 0.3) is 0 Å². The highest BCUT2D eigenvalue weighted by molar-refractivity contribution is 14.0. The number of ether oxygens (including phenoxy) is 2. The number of methoxy groups -OCH3 is 1. The number of nitrogens with zero attached hydrogens (tertiary/aromatic N) is 3. The van der Waals surface area contributed by atoms with Crippen LogP contribution in [0.3, 0.4) is 0 Å². The number of para-hydroxylation sites is 1. The van der Waals surface area contributed by atoms with Gasteiger partial charge in [-0.05, 0) is 51.4 Å². The number of hydrogen-bond donors (Lipinski definition) is 2. The summed E-state index contributed by atoms with van der Waals surface area (Å²) in [6, 6.07) is 8.66. The molecule has 2 heterocycles. The van der Waals surface area contributed by atoms with E-state index in [0.717, 1.165) is 77.2 Å². The highest BCUT2D eigenvalue weighted by Gasteiger charge is 2.26. The molecule has 0 aliphatic carbocycles. The average Bonchev–Trinajstić information content (AvgIpc) is 3.33. The first-order valence-corrected chi connectivity index (χ1v) is 11.4. The highest BCUT2D eigenvalue weighted by atomic mass is 127. The molecular formula is C23H40IN5O2. The Kier molecular flexibility index (Phi) is 12.5. The van der Waals surface area contributed by atoms with E-state index in [9.17, 15) is 0 Å². The number of morpholine rings is 1. The fourth-order valence-electron chi connectivity index (χ4n) is 4.34. The lowest BCUT2D eigenvalue weighted by Crippen LogP contribution is -2.43. The zero-order valence-electron chi connectivity index (χ0n) is 19.1. The first-order chi connectivity index (χ1) is 14.8. The summed E-state index contributed by atoms with van der Waals surface area (Å²) in [5.74, 6) is 1.84. The molecule has 2 saturated heterocycles. The van der Waals surface area contributed by atoms with Crippen molar-refractivity contribution in [3.63, 3.8) is 0 Å². The maximum atomic E-state index is 5.65. The lowest BCUT2D eigenvalue weighted by atomic mass is 10.0. The Hall–Kier alpha value is -1.10. The van der Waals surface area contributed by atoms with E-state index < -0.39 is 0 Å². The second-order valence-corrected chi connectivity index (χ2v) is 8.04. The minimum Gasteiger partial charge on any atom is -0.496 e. The number of unbranched alkanes of at least 4 members (excludes halogenated alkanes) is 1. The van der Waals surface area contributed by atoms with Crippen molar-refractivity contribution in [2.45, 2.75) is 31.7 Å². The van der Waals surface area contributed by atoms with Gasteiger partial charge in [-0.1, -0.05) is 18.2 Å². The number of aliphatic imine (C=N–C) groups is 1. The first kappa shape index (κ1) is 26.2. The van der Waals surface area contributed by atoms with E-state index in [1.54, 1.807) is 7.11 Å². The maximum absolute atomic E-state index is 5.65. The van der Waals surface area contributed by atoms with Crippen molar-refractivity contribution in [1.82, 2.24) is 20.4 Å². The summed E-state index contributed by atoms with van der Waals surface area (Å²) >= 11 is 0. The predicted molar refractivity (Wildman–Crippen MR) is 138 cm³/mol. The molecule has 0 saturated carbocycles. The maximum Gasteiger partial charge on any atom is 0.191 e. The Morgan fingerprint density at radius 3 is 2.55 bits per heavy atom. The zero-order chi connectivity index (χ0) is 21.0. The van der Waals surface area contributed by atoms with Gasteiger partial charge in [-0.3, -0.25) is 14.8 Å². The number of rotatable bonds is 10. The third-order valence-electron chi connectivity index (χ3n) is 6.06. The summed E-state index contributed by atoms with van der Waals surface area (Å²) in [5, 5.41) is 7.03. The lowest BCUT2D eigenvalue weighted by Gasteiger charge is -2.30. The predicted octanol–water partition coefficient (Wildman–Crippen LogP) is 2.73. The number of likely N-dealkylation sites (tertiary alicyclic amines) is 1. The Bertz CT molecular complexity index is 649. The van der Waals surface area contributed by atoms with Crippen molar-refractivity contribution < 1.29 is 9.47 Å². The molecule has 0 aromatic heterocycles. The number of hydrogen-bond acceptors (Lipinski definition) is 5. The van der Waals surface area contributed by atoms with Crippen LogP contribution in [0.2, 0.25) is 0 Å². The van der Waals surface area contributed by atoms with Gasteiger partial charge >= 0.3 is 0 Å². The monoisotopic (exact) mass is 545 g/mol. The molecular weight excluding hydrogens is 505 g/mol. The van der Waals surface area contributed by atoms with E-state index in [1.807, 2.05) is 13.1 Å². The van der Waals surface area contributed by atoms with Crippen LogP contribution in [-0.4, -0.2) is 88.9 Å². The molecule has 0 radical (unpaired) electrons. The Morgan fingerprint density at radius 1 is 1.10 bits per heavy atom. The topological polar surface area (TPSA) is 61.4 Å². The fraction of sp³-hybridized carbons (Fsp3) is 0.696. The minimum atomic E-state index is 0. The Morgan fingerprint density at radius 2 is 1.84 bits per heavy atom. The van der Waals surface area contributed by atoms with Crippen molar-refractivity contribution in [2.75, 3.05) is 73.2 Å². The van der Waals surface area contributed by atoms with Gasteiger partial charge < -0.3 is 20.1 Å². The van der Waals surface area contributed by atoms with Gasteiger partial charge in [0.25, 0.3) is 0 Å². The summed E-state index contributed by atoms with van der Waals surface area (Å²) in [4.78, 5) is 9.47. The molecule has 2 aliphatic rings. The third-order valence-corrected chi connectivity index (χ3v) is 6.06. The molecule has 31 heavy (non-hydrogen) atoms. The van der Waals surface area contributed by atoms with Crippen LogP contribution in [0.5, 0.6) is 5.75 Å². The number of nitrogens with one attached hydrogen (secondary N) is 2. The second-order valence-electron chi connectivity index (χ2n) is 8.04. The molecule has 1 aromatic carbocycles. The van der Waals surface area contributed by atoms with Crippen molar-refractivity contribution >= 4 is 29.9 Å². The van der Waals surface area contributed by atoms with Gasteiger partial charge in [-0.25, -0.2) is 0 Å². The summed E-state index contributed by atoms with van der Waals surface area (Å²) in [7, 11) is 3.60. The zero-order valence-corrected chi connectivity index (χ0v) is 21.5. The molecule has 1 aromatic rings. The molecule has 7 nitrogen and oxygen atoms in total. The smallest absolute Gasteiger partial charge is 0.191 e. The largest absolute Gasteiger partial charge is 0.496 e. The molecule has 0 bridgehead atoms. The van der Waals surface area contributed by atoms with Crippen molar-refractivity contribution in [3.8, 4) is 5.75 Å². The Labute approximate surface area is 205 Å². The molecule has 1 unspecified atom stereocenters. The Balaban J connectivity index is 0.00000341. The SMILES string of the molecule is CN=C(NCCCCN1CCOCC1)NCC(c1ccccc1OC)N1CCCC1.I. The summed E-state index contributed by atoms with van der Waals surface area (Å²) in [6.07, 6.45) is 4.87. The third kappa shape index (κ3) is 8.40. The molecule has 176 valence electrons. The summed E-state index contributed by atoms with van der Waals surface area (Å²) in [5.41, 5.74) is 1.25. The molecule has 8 heteroatoms. The fourth-order valence-corrected chi connectivity index (χ4v) is 4.34. The molecule has 2 N–H and O–H groups in total. The normalized spacial score (nSPS) is 19.0. The van der Waals surface area contributed by atoms with E-state index in [2.05, 4.69) is 43.6 Å². The van der Waals surface area contributed by atoms with Gasteiger partial charge in [0, 0.05) is 38.8 Å². The van der Waals surface area contributed by atoms with Gasteiger partial charge in [0.05, 0.1) is 26.4 Å². The molecule has 0 amide bonds. The van der Waals surface area contributed by atoms with E-state index in [-0.39, 0.29) is 30.0 Å².